The molecule has 1 unspecified atom stereocenters. The summed E-state index contributed by atoms with van der Waals surface area (Å²) in [4.78, 5) is 0. The summed E-state index contributed by atoms with van der Waals surface area (Å²) in [6.07, 6.45) is 0. The molecule has 112 valence electrons. The zero-order chi connectivity index (χ0) is 15.3. The minimum atomic E-state index is -1.22. The molecule has 0 saturated heterocycles. The van der Waals surface area contributed by atoms with E-state index in [1.54, 1.807) is 0 Å². The van der Waals surface area contributed by atoms with Crippen LogP contribution >= 0.6 is 0 Å². The minimum Gasteiger partial charge on any atom is -0.394 e. The van der Waals surface area contributed by atoms with Gasteiger partial charge in [0, 0.05) is 6.54 Å². The van der Waals surface area contributed by atoms with Gasteiger partial charge in [-0.3, -0.25) is 0 Å². The number of benzene rings is 2. The van der Waals surface area contributed by atoms with E-state index in [0.717, 1.165) is 12.1 Å². The van der Waals surface area contributed by atoms with Crippen LogP contribution in [0.1, 0.15) is 17.2 Å². The maximum absolute atomic E-state index is 9.55. The van der Waals surface area contributed by atoms with Gasteiger partial charge in [0.2, 0.25) is 0 Å². The third kappa shape index (κ3) is 4.53. The lowest BCUT2D eigenvalue weighted by molar-refractivity contribution is 0.243. The molecule has 2 nitrogen and oxygen atoms in total. The lowest BCUT2D eigenvalue weighted by Crippen LogP contribution is -2.37. The smallest absolute Gasteiger partial charge is 0.0775 e. The fraction of sp³-hybridized carbons (Fsp3) is 0.333. The molecule has 0 fully saturated rings. The molecule has 2 N–H and O–H groups in total. The summed E-state index contributed by atoms with van der Waals surface area (Å²) >= 11 is 0. The summed E-state index contributed by atoms with van der Waals surface area (Å²) in [6, 6.07) is 19.0. The highest BCUT2D eigenvalue weighted by Gasteiger charge is 2.15. The summed E-state index contributed by atoms with van der Waals surface area (Å²) in [5.74, 6) is 0. The van der Waals surface area contributed by atoms with Crippen molar-refractivity contribution in [3.63, 3.8) is 0 Å². The second kappa shape index (κ2) is 7.03. The molecule has 0 spiro atoms. The van der Waals surface area contributed by atoms with Crippen molar-refractivity contribution in [3.05, 3.63) is 65.7 Å². The number of hydrogen-bond donors (Lipinski definition) is 2. The van der Waals surface area contributed by atoms with E-state index in [1.807, 2.05) is 30.3 Å². The van der Waals surface area contributed by atoms with Gasteiger partial charge in [-0.05, 0) is 11.1 Å². The van der Waals surface area contributed by atoms with Gasteiger partial charge in [0.1, 0.15) is 0 Å². The van der Waals surface area contributed by atoms with Crippen molar-refractivity contribution >= 4 is 13.3 Å². The van der Waals surface area contributed by atoms with Crippen LogP contribution < -0.4 is 10.5 Å². The fourth-order valence-corrected chi connectivity index (χ4v) is 3.50. The van der Waals surface area contributed by atoms with Gasteiger partial charge in [-0.2, -0.15) is 0 Å². The van der Waals surface area contributed by atoms with Gasteiger partial charge >= 0.3 is 0 Å². The average Bonchev–Trinajstić information content (AvgIpc) is 2.48. The highest BCUT2D eigenvalue weighted by molar-refractivity contribution is 6.88. The highest BCUT2D eigenvalue weighted by Crippen LogP contribution is 2.13. The van der Waals surface area contributed by atoms with Gasteiger partial charge in [-0.1, -0.05) is 79.4 Å². The van der Waals surface area contributed by atoms with Crippen molar-refractivity contribution in [2.75, 3.05) is 6.61 Å². The van der Waals surface area contributed by atoms with Gasteiger partial charge in [-0.15, -0.1) is 0 Å². The maximum Gasteiger partial charge on any atom is 0.0775 e. The molecule has 0 amide bonds. The summed E-state index contributed by atoms with van der Waals surface area (Å²) in [5.41, 5.74) is 2.38. The maximum atomic E-state index is 9.55. The Hall–Kier alpha value is -1.42. The van der Waals surface area contributed by atoms with Crippen molar-refractivity contribution in [3.8, 4) is 0 Å². The summed E-state index contributed by atoms with van der Waals surface area (Å²) in [5, 5.41) is 14.5. The van der Waals surface area contributed by atoms with Crippen LogP contribution in [0.3, 0.4) is 0 Å². The molecular weight excluding hydrogens is 274 g/mol. The molecule has 2 aromatic carbocycles. The second-order valence-corrected chi connectivity index (χ2v) is 11.6. The van der Waals surface area contributed by atoms with Crippen molar-refractivity contribution in [2.45, 2.75) is 32.2 Å². The van der Waals surface area contributed by atoms with E-state index in [4.69, 9.17) is 0 Å². The van der Waals surface area contributed by atoms with E-state index in [9.17, 15) is 5.11 Å². The van der Waals surface area contributed by atoms with Gasteiger partial charge < -0.3 is 10.4 Å². The Morgan fingerprint density at radius 3 is 2.10 bits per heavy atom. The van der Waals surface area contributed by atoms with Crippen LogP contribution in [0.2, 0.25) is 19.6 Å². The Balaban J connectivity index is 1.99. The van der Waals surface area contributed by atoms with Crippen LogP contribution in [0.5, 0.6) is 0 Å². The van der Waals surface area contributed by atoms with E-state index in [2.05, 4.69) is 49.2 Å². The number of nitrogens with one attached hydrogen (secondary N) is 1. The van der Waals surface area contributed by atoms with Crippen LogP contribution in [-0.4, -0.2) is 19.8 Å². The first-order valence-electron chi connectivity index (χ1n) is 7.49. The number of hydrogen-bond acceptors (Lipinski definition) is 2. The number of aliphatic hydroxyl groups excluding tert-OH is 1. The van der Waals surface area contributed by atoms with Gasteiger partial charge in [0.05, 0.1) is 20.7 Å². The van der Waals surface area contributed by atoms with Crippen LogP contribution in [0.4, 0.5) is 0 Å². The predicted octanol–water partition coefficient (Wildman–Crippen LogP) is 3.06. The normalized spacial score (nSPS) is 13.1. The van der Waals surface area contributed by atoms with Crippen LogP contribution in [0, 0.1) is 0 Å². The third-order valence-electron chi connectivity index (χ3n) is 3.76. The van der Waals surface area contributed by atoms with Gasteiger partial charge in [-0.25, -0.2) is 0 Å². The first-order valence-corrected chi connectivity index (χ1v) is 11.0. The first-order chi connectivity index (χ1) is 10.0. The molecule has 2 aromatic rings. The van der Waals surface area contributed by atoms with Crippen molar-refractivity contribution in [1.29, 1.82) is 0 Å². The lowest BCUT2D eigenvalue weighted by atomic mass is 10.1. The van der Waals surface area contributed by atoms with E-state index < -0.39 is 8.07 Å². The lowest BCUT2D eigenvalue weighted by Gasteiger charge is -2.19. The molecule has 0 aromatic heterocycles. The Labute approximate surface area is 128 Å². The fourth-order valence-electron chi connectivity index (χ4n) is 2.34. The van der Waals surface area contributed by atoms with Crippen molar-refractivity contribution in [2.24, 2.45) is 0 Å². The summed E-state index contributed by atoms with van der Waals surface area (Å²) in [7, 11) is -1.22. The van der Waals surface area contributed by atoms with Crippen LogP contribution in [0.25, 0.3) is 0 Å². The molecular formula is C18H25NOSi. The first kappa shape index (κ1) is 16.0. The minimum absolute atomic E-state index is 0.0112. The van der Waals surface area contributed by atoms with E-state index >= 15 is 0 Å². The Bertz CT molecular complexity index is 546. The van der Waals surface area contributed by atoms with Gasteiger partial charge in [0.25, 0.3) is 0 Å². The molecule has 0 radical (unpaired) electrons. The number of rotatable bonds is 6. The van der Waals surface area contributed by atoms with Crippen LogP contribution in [-0.2, 0) is 6.54 Å². The highest BCUT2D eigenvalue weighted by atomic mass is 28.3. The van der Waals surface area contributed by atoms with E-state index in [1.165, 1.54) is 10.8 Å². The van der Waals surface area contributed by atoms with E-state index in [0.29, 0.717) is 0 Å². The molecule has 0 saturated carbocycles. The monoisotopic (exact) mass is 299 g/mol. The standard InChI is InChI=1S/C18H25NOSi/c1-21(2,3)17-11-9-15(10-12-17)13-19-18(14-20)16-7-5-4-6-8-16/h4-12,18-20H,13-14H2,1-3H3. The second-order valence-electron chi connectivity index (χ2n) is 6.47. The SMILES string of the molecule is C[Si](C)(C)c1ccc(CNC(CO)c2ccccc2)cc1. The topological polar surface area (TPSA) is 32.3 Å². The molecule has 0 aliphatic heterocycles. The average molecular weight is 299 g/mol. The van der Waals surface area contributed by atoms with Crippen LogP contribution in [0.15, 0.2) is 54.6 Å². The molecule has 2 rings (SSSR count). The third-order valence-corrected chi connectivity index (χ3v) is 5.82. The van der Waals surface area contributed by atoms with E-state index in [-0.39, 0.29) is 12.6 Å². The summed E-state index contributed by atoms with van der Waals surface area (Å²) in [6.45, 7) is 7.95. The molecule has 0 bridgehead atoms. The molecule has 0 heterocycles. The Kier molecular flexibility index (Phi) is 5.34. The molecule has 3 heteroatoms. The molecule has 21 heavy (non-hydrogen) atoms. The van der Waals surface area contributed by atoms with Crippen molar-refractivity contribution < 1.29 is 5.11 Å². The Morgan fingerprint density at radius 2 is 1.57 bits per heavy atom. The Morgan fingerprint density at radius 1 is 0.952 bits per heavy atom. The largest absolute Gasteiger partial charge is 0.394 e. The number of aliphatic hydroxyl groups is 1. The zero-order valence-corrected chi connectivity index (χ0v) is 14.1. The molecule has 0 aliphatic carbocycles. The predicted molar refractivity (Wildman–Crippen MR) is 92.5 cm³/mol. The summed E-state index contributed by atoms with van der Waals surface area (Å²) < 4.78 is 0. The molecule has 0 aliphatic rings. The quantitative estimate of drug-likeness (QED) is 0.804. The zero-order valence-electron chi connectivity index (χ0n) is 13.1. The van der Waals surface area contributed by atoms with Gasteiger partial charge in [0.15, 0.2) is 0 Å². The molecule has 1 atom stereocenters. The van der Waals surface area contributed by atoms with Crippen molar-refractivity contribution in [1.82, 2.24) is 5.32 Å².